The summed E-state index contributed by atoms with van der Waals surface area (Å²) in [6.07, 6.45) is 3.00. The summed E-state index contributed by atoms with van der Waals surface area (Å²) < 4.78 is 18.2. The van der Waals surface area contributed by atoms with Crippen LogP contribution in [0.25, 0.3) is 0 Å². The van der Waals surface area contributed by atoms with E-state index in [-0.39, 0.29) is 12.0 Å². The topological polar surface area (TPSA) is 48.0 Å². The standard InChI is InChI=1S/C21H29BClNO4/c1-13-17(22-27-20(2,3)21(4,5)28-22)11-16-15(18(13)23)8-9-24(19(16)25)12-14-7-6-10-26-14/h11,14H,6-10,12H2,1-5H3. The molecule has 152 valence electrons. The number of nitrogens with zero attached hydrogens (tertiary/aromatic N) is 1. The highest BCUT2D eigenvalue weighted by Crippen LogP contribution is 2.38. The Morgan fingerprint density at radius 1 is 1.25 bits per heavy atom. The van der Waals surface area contributed by atoms with E-state index in [2.05, 4.69) is 0 Å². The van der Waals surface area contributed by atoms with Gasteiger partial charge >= 0.3 is 7.12 Å². The van der Waals surface area contributed by atoms with E-state index in [0.717, 1.165) is 42.5 Å². The van der Waals surface area contributed by atoms with Gasteiger partial charge in [0.15, 0.2) is 0 Å². The fourth-order valence-electron chi connectivity index (χ4n) is 4.20. The molecule has 1 unspecified atom stereocenters. The first-order valence-corrected chi connectivity index (χ1v) is 10.6. The number of fused-ring (bicyclic) bond motifs is 1. The van der Waals surface area contributed by atoms with E-state index < -0.39 is 18.3 Å². The normalized spacial score (nSPS) is 26.1. The fourth-order valence-corrected chi connectivity index (χ4v) is 4.50. The lowest BCUT2D eigenvalue weighted by Gasteiger charge is -2.32. The number of carbonyl (C=O) groups excluding carboxylic acids is 1. The number of benzene rings is 1. The van der Waals surface area contributed by atoms with Crippen molar-refractivity contribution < 1.29 is 18.8 Å². The zero-order valence-electron chi connectivity index (χ0n) is 17.4. The average Bonchev–Trinajstić information content (AvgIpc) is 3.19. The van der Waals surface area contributed by atoms with Crippen molar-refractivity contribution in [1.82, 2.24) is 4.90 Å². The summed E-state index contributed by atoms with van der Waals surface area (Å²) in [5.74, 6) is 0.0245. The van der Waals surface area contributed by atoms with Gasteiger partial charge < -0.3 is 18.9 Å². The summed E-state index contributed by atoms with van der Waals surface area (Å²) in [5, 5.41) is 0.660. The molecular formula is C21H29BClNO4. The monoisotopic (exact) mass is 405 g/mol. The summed E-state index contributed by atoms with van der Waals surface area (Å²) in [7, 11) is -0.533. The van der Waals surface area contributed by atoms with Crippen LogP contribution in [0.5, 0.6) is 0 Å². The minimum atomic E-state index is -0.533. The van der Waals surface area contributed by atoms with Crippen molar-refractivity contribution in [2.24, 2.45) is 0 Å². The second-order valence-electron chi connectivity index (χ2n) is 9.16. The van der Waals surface area contributed by atoms with Gasteiger partial charge in [-0.05, 0) is 76.5 Å². The van der Waals surface area contributed by atoms with Gasteiger partial charge in [-0.1, -0.05) is 11.6 Å². The maximum Gasteiger partial charge on any atom is 0.495 e. The molecule has 0 radical (unpaired) electrons. The smallest absolute Gasteiger partial charge is 0.399 e. The molecule has 1 aromatic rings. The third kappa shape index (κ3) is 3.28. The largest absolute Gasteiger partial charge is 0.495 e. The molecule has 3 aliphatic heterocycles. The first-order chi connectivity index (χ1) is 13.1. The zero-order chi connectivity index (χ0) is 20.3. The number of halogens is 1. The van der Waals surface area contributed by atoms with Gasteiger partial charge in [-0.15, -0.1) is 0 Å². The Morgan fingerprint density at radius 3 is 2.54 bits per heavy atom. The Labute approximate surface area is 172 Å². The van der Waals surface area contributed by atoms with Crippen molar-refractivity contribution in [2.45, 2.75) is 71.2 Å². The first-order valence-electron chi connectivity index (χ1n) is 10.2. The molecule has 0 bridgehead atoms. The molecule has 2 fully saturated rings. The van der Waals surface area contributed by atoms with Crippen molar-refractivity contribution in [3.05, 3.63) is 27.8 Å². The third-order valence-corrected chi connectivity index (χ3v) is 7.27. The van der Waals surface area contributed by atoms with Crippen LogP contribution in [-0.4, -0.2) is 54.9 Å². The van der Waals surface area contributed by atoms with Crippen molar-refractivity contribution in [1.29, 1.82) is 0 Å². The molecule has 1 aromatic carbocycles. The fraction of sp³-hybridized carbons (Fsp3) is 0.667. The molecule has 0 aliphatic carbocycles. The number of rotatable bonds is 3. The Hall–Kier alpha value is -1.08. The molecule has 0 aromatic heterocycles. The number of amides is 1. The number of ether oxygens (including phenoxy) is 1. The summed E-state index contributed by atoms with van der Waals surface area (Å²) in [5.41, 5.74) is 2.50. The molecule has 2 saturated heterocycles. The molecule has 7 heteroatoms. The van der Waals surface area contributed by atoms with Crippen molar-refractivity contribution in [2.75, 3.05) is 19.7 Å². The highest BCUT2D eigenvalue weighted by Gasteiger charge is 2.52. The Kier molecular flexibility index (Phi) is 5.06. The van der Waals surface area contributed by atoms with E-state index in [1.165, 1.54) is 0 Å². The molecule has 0 spiro atoms. The Morgan fingerprint density at radius 2 is 1.93 bits per heavy atom. The predicted octanol–water partition coefficient (Wildman–Crippen LogP) is 3.12. The highest BCUT2D eigenvalue weighted by atomic mass is 35.5. The lowest BCUT2D eigenvalue weighted by molar-refractivity contribution is 0.00578. The minimum absolute atomic E-state index is 0.0245. The Bertz CT molecular complexity index is 788. The first kappa shape index (κ1) is 20.2. The number of carbonyl (C=O) groups is 1. The van der Waals surface area contributed by atoms with E-state index in [0.29, 0.717) is 23.7 Å². The van der Waals surface area contributed by atoms with E-state index in [1.54, 1.807) is 0 Å². The van der Waals surface area contributed by atoms with Crippen molar-refractivity contribution >= 4 is 30.1 Å². The second-order valence-corrected chi connectivity index (χ2v) is 9.53. The molecular weight excluding hydrogens is 376 g/mol. The molecule has 3 heterocycles. The van der Waals surface area contributed by atoms with Crippen LogP contribution >= 0.6 is 11.6 Å². The summed E-state index contributed by atoms with van der Waals surface area (Å²) in [4.78, 5) is 15.1. The van der Waals surface area contributed by atoms with Gasteiger partial charge in [-0.2, -0.15) is 0 Å². The number of hydrogen-bond acceptors (Lipinski definition) is 4. The van der Waals surface area contributed by atoms with Gasteiger partial charge in [0.2, 0.25) is 0 Å². The lowest BCUT2D eigenvalue weighted by Crippen LogP contribution is -2.44. The molecule has 0 saturated carbocycles. The highest BCUT2D eigenvalue weighted by molar-refractivity contribution is 6.63. The molecule has 28 heavy (non-hydrogen) atoms. The molecule has 0 N–H and O–H groups in total. The zero-order valence-corrected chi connectivity index (χ0v) is 18.2. The lowest BCUT2D eigenvalue weighted by atomic mass is 9.74. The molecule has 4 rings (SSSR count). The van der Waals surface area contributed by atoms with Crippen LogP contribution in [-0.2, 0) is 20.5 Å². The van der Waals surface area contributed by atoms with Gasteiger partial charge in [0.25, 0.3) is 5.91 Å². The van der Waals surface area contributed by atoms with E-state index >= 15 is 0 Å². The van der Waals surface area contributed by atoms with Gasteiger partial charge in [-0.3, -0.25) is 4.79 Å². The van der Waals surface area contributed by atoms with Crippen molar-refractivity contribution in [3.8, 4) is 0 Å². The van der Waals surface area contributed by atoms with Crippen LogP contribution in [0.15, 0.2) is 6.07 Å². The van der Waals surface area contributed by atoms with E-state index in [1.807, 2.05) is 45.6 Å². The number of hydrogen-bond donors (Lipinski definition) is 0. The van der Waals surface area contributed by atoms with Gasteiger partial charge in [0.1, 0.15) is 0 Å². The average molecular weight is 406 g/mol. The van der Waals surface area contributed by atoms with Gasteiger partial charge in [0, 0.05) is 30.3 Å². The van der Waals surface area contributed by atoms with Crippen LogP contribution < -0.4 is 5.46 Å². The van der Waals surface area contributed by atoms with E-state index in [9.17, 15) is 4.79 Å². The quantitative estimate of drug-likeness (QED) is 0.725. The maximum atomic E-state index is 13.2. The summed E-state index contributed by atoms with van der Waals surface area (Å²) in [6, 6.07) is 1.93. The summed E-state index contributed by atoms with van der Waals surface area (Å²) in [6.45, 7) is 12.2. The van der Waals surface area contributed by atoms with Gasteiger partial charge in [0.05, 0.1) is 17.3 Å². The summed E-state index contributed by atoms with van der Waals surface area (Å²) >= 11 is 6.71. The van der Waals surface area contributed by atoms with Crippen LogP contribution in [0.3, 0.4) is 0 Å². The predicted molar refractivity (Wildman–Crippen MR) is 110 cm³/mol. The minimum Gasteiger partial charge on any atom is -0.399 e. The third-order valence-electron chi connectivity index (χ3n) is 6.76. The molecule has 1 atom stereocenters. The van der Waals surface area contributed by atoms with E-state index in [4.69, 9.17) is 25.6 Å². The van der Waals surface area contributed by atoms with Crippen LogP contribution in [0.4, 0.5) is 0 Å². The SMILES string of the molecule is Cc1c(B2OC(C)(C)C(C)(C)O2)cc2c(c1Cl)CCN(CC1CCCO1)C2=O. The van der Waals surface area contributed by atoms with Crippen LogP contribution in [0.1, 0.15) is 62.0 Å². The molecule has 5 nitrogen and oxygen atoms in total. The second kappa shape index (κ2) is 7.01. The van der Waals surface area contributed by atoms with Crippen LogP contribution in [0, 0.1) is 6.92 Å². The van der Waals surface area contributed by atoms with Crippen LogP contribution in [0.2, 0.25) is 5.02 Å². The van der Waals surface area contributed by atoms with Crippen molar-refractivity contribution in [3.63, 3.8) is 0 Å². The molecule has 3 aliphatic rings. The Balaban J connectivity index is 1.66. The molecule has 1 amide bonds. The van der Waals surface area contributed by atoms with Gasteiger partial charge in [-0.25, -0.2) is 0 Å². The maximum absolute atomic E-state index is 13.2.